The highest BCUT2D eigenvalue weighted by Crippen LogP contribution is 2.21. The highest BCUT2D eigenvalue weighted by molar-refractivity contribution is 7.90. The van der Waals surface area contributed by atoms with Crippen LogP contribution in [0.25, 0.3) is 0 Å². The average Bonchev–Trinajstić information content (AvgIpc) is 2.66. The van der Waals surface area contributed by atoms with E-state index in [-0.39, 0.29) is 24.0 Å². The number of hydrogen-bond acceptors (Lipinski definition) is 5. The van der Waals surface area contributed by atoms with E-state index < -0.39 is 25.8 Å². The van der Waals surface area contributed by atoms with Crippen molar-refractivity contribution in [2.24, 2.45) is 0 Å². The van der Waals surface area contributed by atoms with Crippen LogP contribution in [0.5, 0.6) is 0 Å². The number of amides is 1. The van der Waals surface area contributed by atoms with Crippen LogP contribution in [0, 0.1) is 0 Å². The molecule has 10 heteroatoms. The van der Waals surface area contributed by atoms with Crippen molar-refractivity contribution in [3.05, 3.63) is 64.7 Å². The molecule has 0 heterocycles. The first-order valence-corrected chi connectivity index (χ1v) is 13.3. The number of nitrogens with one attached hydrogen (secondary N) is 1. The molecule has 164 valence electrons. The van der Waals surface area contributed by atoms with Crippen molar-refractivity contribution in [3.63, 3.8) is 0 Å². The van der Waals surface area contributed by atoms with Crippen LogP contribution in [0.3, 0.4) is 0 Å². The van der Waals surface area contributed by atoms with Gasteiger partial charge in [0, 0.05) is 17.8 Å². The minimum absolute atomic E-state index is 0.0220. The second-order valence-corrected chi connectivity index (χ2v) is 11.4. The van der Waals surface area contributed by atoms with Gasteiger partial charge in [0.2, 0.25) is 15.9 Å². The molecular formula is C20H25ClN2O5S2. The summed E-state index contributed by atoms with van der Waals surface area (Å²) in [5.74, 6) is -0.466. The lowest BCUT2D eigenvalue weighted by molar-refractivity contribution is -0.122. The fourth-order valence-corrected chi connectivity index (χ4v) is 4.43. The minimum atomic E-state index is -3.66. The molecular weight excluding hydrogens is 448 g/mol. The van der Waals surface area contributed by atoms with Gasteiger partial charge in [-0.15, -0.1) is 0 Å². The van der Waals surface area contributed by atoms with Crippen molar-refractivity contribution >= 4 is 37.4 Å². The predicted molar refractivity (Wildman–Crippen MR) is 117 cm³/mol. The van der Waals surface area contributed by atoms with E-state index in [0.29, 0.717) is 17.0 Å². The molecule has 0 saturated carbocycles. The third-order valence-electron chi connectivity index (χ3n) is 4.55. The Labute approximate surface area is 183 Å². The van der Waals surface area contributed by atoms with Gasteiger partial charge >= 0.3 is 0 Å². The molecule has 30 heavy (non-hydrogen) atoms. The van der Waals surface area contributed by atoms with E-state index in [1.807, 2.05) is 6.92 Å². The minimum Gasteiger partial charge on any atom is -0.348 e. The van der Waals surface area contributed by atoms with Crippen LogP contribution in [-0.4, -0.2) is 46.1 Å². The quantitative estimate of drug-likeness (QED) is 0.604. The van der Waals surface area contributed by atoms with E-state index >= 15 is 0 Å². The molecule has 1 atom stereocenters. The highest BCUT2D eigenvalue weighted by atomic mass is 35.5. The highest BCUT2D eigenvalue weighted by Gasteiger charge is 2.23. The Morgan fingerprint density at radius 3 is 2.13 bits per heavy atom. The molecule has 0 fully saturated rings. The second kappa shape index (κ2) is 9.91. The number of sulfonamides is 1. The Bertz CT molecular complexity index is 1100. The topological polar surface area (TPSA) is 101 Å². The molecule has 0 aliphatic carbocycles. The van der Waals surface area contributed by atoms with Crippen LogP contribution >= 0.6 is 11.6 Å². The first-order valence-electron chi connectivity index (χ1n) is 9.19. The SMILES string of the molecule is CC[C@@H](NC(=O)CN(Cc1ccccc1Cl)S(C)(=O)=O)c1ccc(S(C)(=O)=O)cc1. The van der Waals surface area contributed by atoms with E-state index in [1.54, 1.807) is 36.4 Å². The number of sulfone groups is 1. The summed E-state index contributed by atoms with van der Waals surface area (Å²) in [5, 5.41) is 3.24. The molecule has 0 aliphatic rings. The zero-order valence-corrected chi connectivity index (χ0v) is 19.4. The van der Waals surface area contributed by atoms with Crippen LogP contribution in [0.1, 0.15) is 30.5 Å². The summed E-state index contributed by atoms with van der Waals surface area (Å²) in [4.78, 5) is 12.8. The molecule has 0 bridgehead atoms. The van der Waals surface area contributed by atoms with E-state index in [1.165, 1.54) is 12.1 Å². The molecule has 0 aromatic heterocycles. The fraction of sp³-hybridized carbons (Fsp3) is 0.350. The Balaban J connectivity index is 2.14. The number of halogens is 1. The lowest BCUT2D eigenvalue weighted by atomic mass is 10.0. The van der Waals surface area contributed by atoms with Crippen molar-refractivity contribution in [1.82, 2.24) is 9.62 Å². The summed E-state index contributed by atoms with van der Waals surface area (Å²) in [6.45, 7) is 1.49. The zero-order valence-electron chi connectivity index (χ0n) is 17.0. The van der Waals surface area contributed by atoms with Crippen LogP contribution in [0.15, 0.2) is 53.4 Å². The number of carbonyl (C=O) groups is 1. The second-order valence-electron chi connectivity index (χ2n) is 6.99. The van der Waals surface area contributed by atoms with Gasteiger partial charge in [0.1, 0.15) is 0 Å². The molecule has 2 aromatic carbocycles. The molecule has 2 aromatic rings. The molecule has 0 aliphatic heterocycles. The average molecular weight is 473 g/mol. The number of carbonyl (C=O) groups excluding carboxylic acids is 1. The van der Waals surface area contributed by atoms with E-state index in [0.717, 1.165) is 22.4 Å². The van der Waals surface area contributed by atoms with Crippen LogP contribution < -0.4 is 5.32 Å². The maximum atomic E-state index is 12.6. The lowest BCUT2D eigenvalue weighted by Gasteiger charge is -2.23. The Hall–Kier alpha value is -1.94. The van der Waals surface area contributed by atoms with E-state index in [2.05, 4.69) is 5.32 Å². The molecule has 1 N–H and O–H groups in total. The van der Waals surface area contributed by atoms with Crippen molar-refractivity contribution in [2.45, 2.75) is 30.8 Å². The van der Waals surface area contributed by atoms with Gasteiger partial charge < -0.3 is 5.32 Å². The Morgan fingerprint density at radius 1 is 1.03 bits per heavy atom. The van der Waals surface area contributed by atoms with Crippen molar-refractivity contribution < 1.29 is 21.6 Å². The summed E-state index contributed by atoms with van der Waals surface area (Å²) < 4.78 is 48.6. The maximum absolute atomic E-state index is 12.6. The molecule has 0 unspecified atom stereocenters. The number of nitrogens with zero attached hydrogens (tertiary/aromatic N) is 1. The third-order valence-corrected chi connectivity index (χ3v) is 7.24. The van der Waals surface area contributed by atoms with Crippen molar-refractivity contribution in [1.29, 1.82) is 0 Å². The normalized spacial score (nSPS) is 13.2. The van der Waals surface area contributed by atoms with Gasteiger partial charge in [-0.05, 0) is 35.7 Å². The van der Waals surface area contributed by atoms with Gasteiger partial charge in [-0.3, -0.25) is 4.79 Å². The Kier molecular flexibility index (Phi) is 8.04. The molecule has 0 saturated heterocycles. The molecule has 1 amide bonds. The largest absolute Gasteiger partial charge is 0.348 e. The van der Waals surface area contributed by atoms with Gasteiger partial charge in [-0.1, -0.05) is 48.9 Å². The van der Waals surface area contributed by atoms with Gasteiger partial charge in [0.15, 0.2) is 9.84 Å². The number of benzene rings is 2. The van der Waals surface area contributed by atoms with E-state index in [9.17, 15) is 21.6 Å². The fourth-order valence-electron chi connectivity index (χ4n) is 2.88. The smallest absolute Gasteiger partial charge is 0.235 e. The van der Waals surface area contributed by atoms with Gasteiger partial charge in [-0.2, -0.15) is 4.31 Å². The van der Waals surface area contributed by atoms with Crippen LogP contribution in [0.2, 0.25) is 5.02 Å². The molecule has 0 spiro atoms. The Morgan fingerprint density at radius 2 is 1.63 bits per heavy atom. The van der Waals surface area contributed by atoms with Crippen LogP contribution in [0.4, 0.5) is 0 Å². The number of rotatable bonds is 9. The third kappa shape index (κ3) is 6.80. The molecule has 0 radical (unpaired) electrons. The summed E-state index contributed by atoms with van der Waals surface area (Å²) in [7, 11) is -6.97. The summed E-state index contributed by atoms with van der Waals surface area (Å²) in [5.41, 5.74) is 1.33. The van der Waals surface area contributed by atoms with E-state index in [4.69, 9.17) is 11.6 Å². The summed E-state index contributed by atoms with van der Waals surface area (Å²) in [6.07, 6.45) is 2.71. The summed E-state index contributed by atoms with van der Waals surface area (Å²) in [6, 6.07) is 12.7. The molecule has 2 rings (SSSR count). The first kappa shape index (κ1) is 24.3. The number of hydrogen-bond donors (Lipinski definition) is 1. The maximum Gasteiger partial charge on any atom is 0.235 e. The molecule has 7 nitrogen and oxygen atoms in total. The monoisotopic (exact) mass is 472 g/mol. The predicted octanol–water partition coefficient (Wildman–Crippen LogP) is 2.77. The van der Waals surface area contributed by atoms with Gasteiger partial charge in [0.05, 0.1) is 23.7 Å². The summed E-state index contributed by atoms with van der Waals surface area (Å²) >= 11 is 6.12. The first-order chi connectivity index (χ1) is 13.9. The zero-order chi connectivity index (χ0) is 22.5. The van der Waals surface area contributed by atoms with Crippen LogP contribution in [-0.2, 0) is 31.2 Å². The standard InChI is InChI=1S/C20H25ClN2O5S2/c1-4-19(15-9-11-17(12-10-15)29(2,25)26)22-20(24)14-23(30(3,27)28)13-16-7-5-6-8-18(16)21/h5-12,19H,4,13-14H2,1-3H3,(H,22,24)/t19-/m1/s1. The van der Waals surface area contributed by atoms with Crippen molar-refractivity contribution in [3.8, 4) is 0 Å². The van der Waals surface area contributed by atoms with Gasteiger partial charge in [-0.25, -0.2) is 16.8 Å². The lowest BCUT2D eigenvalue weighted by Crippen LogP contribution is -2.41. The van der Waals surface area contributed by atoms with Gasteiger partial charge in [0.25, 0.3) is 0 Å². The van der Waals surface area contributed by atoms with Crippen molar-refractivity contribution in [2.75, 3.05) is 19.1 Å².